The lowest BCUT2D eigenvalue weighted by Gasteiger charge is -2.25. The van der Waals surface area contributed by atoms with Gasteiger partial charge in [-0.25, -0.2) is 0 Å². The number of amides is 2. The molecule has 0 aliphatic heterocycles. The highest BCUT2D eigenvalue weighted by Crippen LogP contribution is 2.20. The van der Waals surface area contributed by atoms with Crippen molar-refractivity contribution in [1.29, 1.82) is 0 Å². The third-order valence-corrected chi connectivity index (χ3v) is 6.13. The zero-order valence-electron chi connectivity index (χ0n) is 22.1. The first-order valence-electron chi connectivity index (χ1n) is 13.1. The number of nitrogens with one attached hydrogen (secondary N) is 1. The molecule has 0 heterocycles. The normalized spacial score (nSPS) is 12.1. The lowest BCUT2D eigenvalue weighted by molar-refractivity contribution is -0.150. The molecule has 38 heavy (non-hydrogen) atoms. The van der Waals surface area contributed by atoms with Crippen LogP contribution in [0.25, 0.3) is 0 Å². The molecule has 2 aromatic rings. The van der Waals surface area contributed by atoms with Crippen LogP contribution in [0.5, 0.6) is 0 Å². The summed E-state index contributed by atoms with van der Waals surface area (Å²) in [7, 11) is 0. The number of carbonyl (C=O) groups is 3. The van der Waals surface area contributed by atoms with Gasteiger partial charge in [0, 0.05) is 25.9 Å². The maximum Gasteiger partial charge on any atom is 0.306 e. The Labute approximate surface area is 226 Å². The van der Waals surface area contributed by atoms with Crippen LogP contribution in [0.4, 0.5) is 0 Å². The van der Waals surface area contributed by atoms with Crippen LogP contribution in [0, 0.1) is 5.92 Å². The van der Waals surface area contributed by atoms with Crippen LogP contribution < -0.4 is 5.32 Å². The van der Waals surface area contributed by atoms with Gasteiger partial charge in [-0.15, -0.1) is 13.2 Å². The number of ether oxygens (including phenoxy) is 1. The van der Waals surface area contributed by atoms with Gasteiger partial charge in [0.15, 0.2) is 0 Å². The number of carbonyl (C=O) groups excluding carboxylic acids is 3. The first-order chi connectivity index (χ1) is 18.5. The summed E-state index contributed by atoms with van der Waals surface area (Å²) in [6.07, 6.45) is 5.79. The highest BCUT2D eigenvalue weighted by molar-refractivity contribution is 5.86. The quantitative estimate of drug-likeness (QED) is 0.168. The molecule has 7 nitrogen and oxygen atoms in total. The average molecular weight is 521 g/mol. The van der Waals surface area contributed by atoms with Gasteiger partial charge in [-0.1, -0.05) is 72.8 Å². The molecule has 0 bridgehead atoms. The van der Waals surface area contributed by atoms with E-state index in [-0.39, 0.29) is 43.9 Å². The van der Waals surface area contributed by atoms with Crippen LogP contribution in [0.3, 0.4) is 0 Å². The smallest absolute Gasteiger partial charge is 0.306 e. The number of esters is 1. The summed E-state index contributed by atoms with van der Waals surface area (Å²) >= 11 is 0. The van der Waals surface area contributed by atoms with Gasteiger partial charge >= 0.3 is 5.97 Å². The van der Waals surface area contributed by atoms with E-state index in [4.69, 9.17) is 4.74 Å². The van der Waals surface area contributed by atoms with Crippen LogP contribution in [-0.4, -0.2) is 47.5 Å². The van der Waals surface area contributed by atoms with Crippen molar-refractivity contribution in [2.45, 2.75) is 51.2 Å². The second-order valence-corrected chi connectivity index (χ2v) is 9.12. The molecule has 0 aromatic heterocycles. The maximum atomic E-state index is 13.1. The first-order valence-corrected chi connectivity index (χ1v) is 13.1. The van der Waals surface area contributed by atoms with Crippen molar-refractivity contribution in [3.63, 3.8) is 0 Å². The number of unbranched alkanes of at least 4 members (excludes halogenated alkanes) is 2. The first kappa shape index (κ1) is 30.5. The van der Waals surface area contributed by atoms with Crippen LogP contribution in [0.15, 0.2) is 86.0 Å². The summed E-state index contributed by atoms with van der Waals surface area (Å²) in [5.41, 5.74) is 1.72. The Morgan fingerprint density at radius 3 is 2.29 bits per heavy atom. The molecular weight excluding hydrogens is 480 g/mol. The van der Waals surface area contributed by atoms with E-state index in [2.05, 4.69) is 18.5 Å². The van der Waals surface area contributed by atoms with E-state index < -0.39 is 12.0 Å². The molecule has 0 saturated carbocycles. The summed E-state index contributed by atoms with van der Waals surface area (Å²) in [6.45, 7) is 7.88. The van der Waals surface area contributed by atoms with Crippen LogP contribution in [0.1, 0.15) is 55.8 Å². The molecule has 0 aliphatic rings. The molecule has 2 atom stereocenters. The Morgan fingerprint density at radius 2 is 1.66 bits per heavy atom. The maximum absolute atomic E-state index is 13.1. The van der Waals surface area contributed by atoms with Crippen molar-refractivity contribution in [3.05, 3.63) is 97.1 Å². The van der Waals surface area contributed by atoms with Crippen molar-refractivity contribution >= 4 is 17.8 Å². The van der Waals surface area contributed by atoms with Crippen LogP contribution >= 0.6 is 0 Å². The van der Waals surface area contributed by atoms with Crippen molar-refractivity contribution in [1.82, 2.24) is 10.2 Å². The molecule has 2 amide bonds. The van der Waals surface area contributed by atoms with Crippen molar-refractivity contribution in [3.8, 4) is 0 Å². The monoisotopic (exact) mass is 520 g/mol. The molecule has 2 N–H and O–H groups in total. The summed E-state index contributed by atoms with van der Waals surface area (Å²) in [4.78, 5) is 40.3. The average Bonchev–Trinajstić information content (AvgIpc) is 2.93. The van der Waals surface area contributed by atoms with Gasteiger partial charge < -0.3 is 20.1 Å². The van der Waals surface area contributed by atoms with Gasteiger partial charge in [0.2, 0.25) is 11.8 Å². The zero-order chi connectivity index (χ0) is 27.6. The largest absolute Gasteiger partial charge is 0.456 e. The number of aliphatic hydroxyl groups is 1. The van der Waals surface area contributed by atoms with E-state index in [1.807, 2.05) is 66.7 Å². The molecule has 0 aliphatic carbocycles. The Balaban J connectivity index is 2.03. The Kier molecular flexibility index (Phi) is 14.2. The second-order valence-electron chi connectivity index (χ2n) is 9.12. The van der Waals surface area contributed by atoms with Gasteiger partial charge in [0.25, 0.3) is 0 Å². The predicted molar refractivity (Wildman–Crippen MR) is 149 cm³/mol. The highest BCUT2D eigenvalue weighted by atomic mass is 16.5. The van der Waals surface area contributed by atoms with Crippen molar-refractivity contribution in [2.75, 3.05) is 19.7 Å². The van der Waals surface area contributed by atoms with E-state index in [1.54, 1.807) is 11.0 Å². The summed E-state index contributed by atoms with van der Waals surface area (Å²) < 4.78 is 5.72. The molecule has 0 radical (unpaired) electrons. The molecule has 2 rings (SSSR count). The lowest BCUT2D eigenvalue weighted by atomic mass is 9.98. The fraction of sp³-hybridized carbons (Fsp3) is 0.387. The number of hydrogen-bond donors (Lipinski definition) is 2. The van der Waals surface area contributed by atoms with E-state index in [0.29, 0.717) is 25.8 Å². The molecule has 2 aromatic carbocycles. The minimum atomic E-state index is -0.642. The third kappa shape index (κ3) is 11.1. The summed E-state index contributed by atoms with van der Waals surface area (Å²) in [5, 5.41) is 12.4. The van der Waals surface area contributed by atoms with Crippen molar-refractivity contribution < 1.29 is 24.2 Å². The van der Waals surface area contributed by atoms with Gasteiger partial charge in [0.1, 0.15) is 6.10 Å². The third-order valence-electron chi connectivity index (χ3n) is 6.13. The number of hydrogen-bond acceptors (Lipinski definition) is 5. The minimum absolute atomic E-state index is 0.0240. The Morgan fingerprint density at radius 1 is 0.974 bits per heavy atom. The Bertz CT molecular complexity index is 1010. The van der Waals surface area contributed by atoms with E-state index in [9.17, 15) is 19.5 Å². The molecule has 0 unspecified atom stereocenters. The van der Waals surface area contributed by atoms with E-state index in [1.165, 1.54) is 0 Å². The number of allylic oxidation sites excluding steroid dienone is 2. The molecule has 7 heteroatoms. The lowest BCUT2D eigenvalue weighted by Crippen LogP contribution is -2.39. The summed E-state index contributed by atoms with van der Waals surface area (Å²) in [5.74, 6) is -1.50. The molecule has 0 spiro atoms. The molecule has 0 saturated heterocycles. The number of aliphatic hydroxyl groups excluding tert-OH is 1. The standard InChI is InChI=1S/C31H40N2O5/c1-3-5-6-13-19-30(36)38-28(26-17-11-8-12-18-26)23-32-31(37)27(14-4-2)22-29(35)33(20-21-34)24-25-15-9-7-10-16-25/h3-4,7-12,15-18,27-28,34H,1-2,5-6,13-14,19-24H2,(H,32,37)/t27-,28-/m1/s1. The van der Waals surface area contributed by atoms with Crippen LogP contribution in [-0.2, 0) is 25.7 Å². The number of benzene rings is 2. The van der Waals surface area contributed by atoms with E-state index in [0.717, 1.165) is 24.0 Å². The van der Waals surface area contributed by atoms with E-state index >= 15 is 0 Å². The number of rotatable bonds is 18. The topological polar surface area (TPSA) is 95.9 Å². The molecule has 0 fully saturated rings. The molecular formula is C31H40N2O5. The van der Waals surface area contributed by atoms with Gasteiger partial charge in [-0.2, -0.15) is 0 Å². The van der Waals surface area contributed by atoms with Crippen LogP contribution in [0.2, 0.25) is 0 Å². The SMILES string of the molecule is C=CCCCCC(=O)O[C@H](CNC(=O)[C@H](CC=C)CC(=O)N(CCO)Cc1ccccc1)c1ccccc1. The van der Waals surface area contributed by atoms with Gasteiger partial charge in [-0.3, -0.25) is 14.4 Å². The minimum Gasteiger partial charge on any atom is -0.456 e. The van der Waals surface area contributed by atoms with Crippen molar-refractivity contribution in [2.24, 2.45) is 5.92 Å². The van der Waals surface area contributed by atoms with Gasteiger partial charge in [0.05, 0.1) is 19.1 Å². The Hall–Kier alpha value is -3.71. The fourth-order valence-corrected chi connectivity index (χ4v) is 4.05. The zero-order valence-corrected chi connectivity index (χ0v) is 22.1. The van der Waals surface area contributed by atoms with Gasteiger partial charge in [-0.05, 0) is 36.8 Å². The predicted octanol–water partition coefficient (Wildman–Crippen LogP) is 4.74. The fourth-order valence-electron chi connectivity index (χ4n) is 4.05. The summed E-state index contributed by atoms with van der Waals surface area (Å²) in [6, 6.07) is 18.8. The second kappa shape index (κ2) is 17.7. The highest BCUT2D eigenvalue weighted by Gasteiger charge is 2.26. The molecule has 204 valence electrons. The number of nitrogens with zero attached hydrogens (tertiary/aromatic N) is 1.